The van der Waals surface area contributed by atoms with Gasteiger partial charge in [-0.25, -0.2) is 4.79 Å². The number of benzene rings is 1. The van der Waals surface area contributed by atoms with E-state index in [-0.39, 0.29) is 11.7 Å². The van der Waals surface area contributed by atoms with Gasteiger partial charge in [-0.3, -0.25) is 0 Å². The van der Waals surface area contributed by atoms with Crippen molar-refractivity contribution in [1.29, 1.82) is 0 Å². The smallest absolute Gasteiger partial charge is 0.336 e. The van der Waals surface area contributed by atoms with Gasteiger partial charge >= 0.3 is 5.63 Å². The molecule has 0 radical (unpaired) electrons. The molecule has 0 fully saturated rings. The Morgan fingerprint density at radius 2 is 2.16 bits per heavy atom. The lowest BCUT2D eigenvalue weighted by Gasteiger charge is -2.15. The third kappa shape index (κ3) is 4.09. The Balaban J connectivity index is 1.61. The van der Waals surface area contributed by atoms with E-state index in [0.717, 1.165) is 11.0 Å². The van der Waals surface area contributed by atoms with Crippen molar-refractivity contribution in [2.75, 3.05) is 6.61 Å². The molecule has 0 saturated heterocycles. The molecule has 0 aliphatic carbocycles. The van der Waals surface area contributed by atoms with Gasteiger partial charge in [-0.15, -0.1) is 0 Å². The topological polar surface area (TPSA) is 81.3 Å². The summed E-state index contributed by atoms with van der Waals surface area (Å²) in [5.41, 5.74) is 0.751. The summed E-state index contributed by atoms with van der Waals surface area (Å²) in [7, 11) is 0. The molecule has 0 saturated carbocycles. The number of ether oxygens (including phenoxy) is 1. The van der Waals surface area contributed by atoms with Crippen LogP contribution in [0.25, 0.3) is 11.0 Å². The quantitative estimate of drug-likeness (QED) is 0.667. The van der Waals surface area contributed by atoms with Crippen LogP contribution in [-0.2, 0) is 4.84 Å². The van der Waals surface area contributed by atoms with E-state index in [0.29, 0.717) is 30.1 Å². The number of hydrogen-bond donors (Lipinski definition) is 1. The number of nitrogens with zero attached hydrogens (tertiary/aromatic N) is 1. The molecule has 1 atom stereocenters. The summed E-state index contributed by atoms with van der Waals surface area (Å²) in [6.07, 6.45) is 2.30. The molecule has 0 spiro atoms. The van der Waals surface area contributed by atoms with Gasteiger partial charge in [-0.2, -0.15) is 0 Å². The normalized spacial score (nSPS) is 18.2. The molecule has 1 aliphatic rings. The van der Waals surface area contributed by atoms with Crippen LogP contribution in [0.2, 0.25) is 0 Å². The van der Waals surface area contributed by atoms with E-state index in [9.17, 15) is 9.90 Å². The van der Waals surface area contributed by atoms with E-state index in [1.54, 1.807) is 26.0 Å². The summed E-state index contributed by atoms with van der Waals surface area (Å²) < 4.78 is 10.8. The molecular formula is C19H21NO5. The van der Waals surface area contributed by atoms with Crippen LogP contribution in [0, 0.1) is 0 Å². The highest BCUT2D eigenvalue weighted by atomic mass is 16.6. The summed E-state index contributed by atoms with van der Waals surface area (Å²) >= 11 is 0. The molecule has 1 unspecified atom stereocenters. The zero-order valence-corrected chi connectivity index (χ0v) is 14.5. The van der Waals surface area contributed by atoms with Gasteiger partial charge in [0.25, 0.3) is 0 Å². The van der Waals surface area contributed by atoms with Crippen LogP contribution in [0.15, 0.2) is 56.3 Å². The van der Waals surface area contributed by atoms with Crippen molar-refractivity contribution < 1.29 is 19.1 Å². The van der Waals surface area contributed by atoms with Crippen molar-refractivity contribution in [3.63, 3.8) is 0 Å². The van der Waals surface area contributed by atoms with Crippen LogP contribution in [0.5, 0.6) is 5.75 Å². The molecular weight excluding hydrogens is 322 g/mol. The summed E-state index contributed by atoms with van der Waals surface area (Å²) in [6, 6.07) is 8.47. The summed E-state index contributed by atoms with van der Waals surface area (Å²) in [5.74, 6) is 0.617. The second-order valence-electron chi connectivity index (χ2n) is 6.61. The van der Waals surface area contributed by atoms with Crippen LogP contribution < -0.4 is 10.4 Å². The minimum atomic E-state index is -0.972. The molecule has 1 aromatic heterocycles. The number of oxime groups is 1. The highest BCUT2D eigenvalue weighted by Gasteiger charge is 2.31. The molecule has 0 amide bonds. The Morgan fingerprint density at radius 1 is 1.40 bits per heavy atom. The highest BCUT2D eigenvalue weighted by molar-refractivity contribution is 5.92. The molecule has 25 heavy (non-hydrogen) atoms. The molecule has 6 nitrogen and oxygen atoms in total. The van der Waals surface area contributed by atoms with E-state index in [1.165, 1.54) is 6.07 Å². The number of aliphatic hydroxyl groups is 1. The van der Waals surface area contributed by atoms with Gasteiger partial charge in [0.1, 0.15) is 23.5 Å². The molecule has 1 aliphatic heterocycles. The largest absolute Gasteiger partial charge is 0.489 e. The lowest BCUT2D eigenvalue weighted by molar-refractivity contribution is 0.109. The first-order valence-corrected chi connectivity index (χ1v) is 8.12. The molecule has 0 bridgehead atoms. The predicted molar refractivity (Wildman–Crippen MR) is 95.0 cm³/mol. The van der Waals surface area contributed by atoms with Crippen molar-refractivity contribution >= 4 is 16.7 Å². The molecule has 2 aromatic rings. The van der Waals surface area contributed by atoms with Crippen molar-refractivity contribution in [1.82, 2.24) is 0 Å². The Hall–Kier alpha value is -2.60. The van der Waals surface area contributed by atoms with Gasteiger partial charge in [-0.05, 0) is 50.6 Å². The Bertz CT molecular complexity index is 889. The molecule has 132 valence electrons. The Labute approximate surface area is 145 Å². The fourth-order valence-electron chi connectivity index (χ4n) is 2.51. The van der Waals surface area contributed by atoms with Gasteiger partial charge in [-0.1, -0.05) is 5.16 Å². The zero-order valence-electron chi connectivity index (χ0n) is 14.5. The van der Waals surface area contributed by atoms with Crippen molar-refractivity contribution in [2.45, 2.75) is 38.9 Å². The number of rotatable bonds is 5. The molecule has 1 N–H and O–H groups in total. The van der Waals surface area contributed by atoms with E-state index in [2.05, 4.69) is 5.16 Å². The second kappa shape index (κ2) is 6.72. The standard InChI is InChI=1S/C19H21NO5/c1-12(15-11-17(20-25-15)19(2,3)22)8-9-23-14-6-4-13-5-7-18(21)24-16(13)10-14/h4-8,10,15,22H,9,11H2,1-3H3/b12-8+. The Morgan fingerprint density at radius 3 is 2.88 bits per heavy atom. The SMILES string of the molecule is C/C(=C\COc1ccc2ccc(=O)oc2c1)C1CC(C(C)(C)O)=NO1. The van der Waals surface area contributed by atoms with Gasteiger partial charge < -0.3 is 19.1 Å². The maximum atomic E-state index is 11.3. The van der Waals surface area contributed by atoms with E-state index in [4.69, 9.17) is 14.0 Å². The molecule has 1 aromatic carbocycles. The van der Waals surface area contributed by atoms with Gasteiger partial charge in [0.05, 0.1) is 5.71 Å². The van der Waals surface area contributed by atoms with Crippen LogP contribution in [0.3, 0.4) is 0 Å². The first kappa shape index (κ1) is 17.2. The first-order chi connectivity index (χ1) is 11.8. The summed E-state index contributed by atoms with van der Waals surface area (Å²) in [5, 5.41) is 14.8. The zero-order chi connectivity index (χ0) is 18.0. The molecule has 3 rings (SSSR count). The van der Waals surface area contributed by atoms with Crippen LogP contribution in [0.1, 0.15) is 27.2 Å². The summed E-state index contributed by atoms with van der Waals surface area (Å²) in [6.45, 7) is 5.68. The fraction of sp³-hybridized carbons (Fsp3) is 0.368. The van der Waals surface area contributed by atoms with Crippen molar-refractivity contribution in [3.8, 4) is 5.75 Å². The minimum absolute atomic E-state index is 0.181. The van der Waals surface area contributed by atoms with Crippen LogP contribution >= 0.6 is 0 Å². The minimum Gasteiger partial charge on any atom is -0.489 e. The van der Waals surface area contributed by atoms with Gasteiger partial charge in [0.2, 0.25) is 0 Å². The Kier molecular flexibility index (Phi) is 4.63. The van der Waals surface area contributed by atoms with Crippen molar-refractivity contribution in [2.24, 2.45) is 5.16 Å². The van der Waals surface area contributed by atoms with Crippen molar-refractivity contribution in [3.05, 3.63) is 52.4 Å². The van der Waals surface area contributed by atoms with Gasteiger partial charge in [0, 0.05) is 23.9 Å². The third-order valence-corrected chi connectivity index (χ3v) is 4.13. The van der Waals surface area contributed by atoms with Gasteiger partial charge in [0.15, 0.2) is 6.10 Å². The second-order valence-corrected chi connectivity index (χ2v) is 6.61. The monoisotopic (exact) mass is 343 g/mol. The van der Waals surface area contributed by atoms with E-state index < -0.39 is 5.60 Å². The maximum absolute atomic E-state index is 11.3. The average Bonchev–Trinajstić information content (AvgIpc) is 3.04. The molecule has 2 heterocycles. The summed E-state index contributed by atoms with van der Waals surface area (Å²) in [4.78, 5) is 16.7. The predicted octanol–water partition coefficient (Wildman–Crippen LogP) is 3.03. The average molecular weight is 343 g/mol. The third-order valence-electron chi connectivity index (χ3n) is 4.13. The maximum Gasteiger partial charge on any atom is 0.336 e. The lowest BCUT2D eigenvalue weighted by Crippen LogP contribution is -2.31. The van der Waals surface area contributed by atoms with E-state index in [1.807, 2.05) is 25.1 Å². The van der Waals surface area contributed by atoms with E-state index >= 15 is 0 Å². The number of hydrogen-bond acceptors (Lipinski definition) is 6. The van der Waals surface area contributed by atoms with Crippen LogP contribution in [-0.4, -0.2) is 29.1 Å². The lowest BCUT2D eigenvalue weighted by atomic mass is 9.96. The first-order valence-electron chi connectivity index (χ1n) is 8.12. The molecule has 6 heteroatoms. The number of fused-ring (bicyclic) bond motifs is 1. The fourth-order valence-corrected chi connectivity index (χ4v) is 2.51. The highest BCUT2D eigenvalue weighted by Crippen LogP contribution is 2.24. The van der Waals surface area contributed by atoms with Crippen LogP contribution in [0.4, 0.5) is 0 Å².